The van der Waals surface area contributed by atoms with Gasteiger partial charge in [0.05, 0.1) is 17.6 Å². The second kappa shape index (κ2) is 8.76. The van der Waals surface area contributed by atoms with E-state index in [2.05, 4.69) is 13.0 Å². The Kier molecular flexibility index (Phi) is 5.89. The molecule has 31 heavy (non-hydrogen) atoms. The van der Waals surface area contributed by atoms with Gasteiger partial charge in [-0.15, -0.1) is 0 Å². The molecule has 4 rings (SSSR count). The molecule has 6 nitrogen and oxygen atoms in total. The van der Waals surface area contributed by atoms with Crippen LogP contribution in [0.4, 0.5) is 5.82 Å². The van der Waals surface area contributed by atoms with Crippen LogP contribution in [0.15, 0.2) is 42.5 Å². The van der Waals surface area contributed by atoms with E-state index in [0.717, 1.165) is 48.0 Å². The molecule has 0 amide bonds. The maximum absolute atomic E-state index is 13.0. The maximum Gasteiger partial charge on any atom is 0.344 e. The highest BCUT2D eigenvalue weighted by atomic mass is 16.5. The first-order chi connectivity index (χ1) is 15.0. The molecule has 160 valence electrons. The summed E-state index contributed by atoms with van der Waals surface area (Å²) >= 11 is 0. The Morgan fingerprint density at radius 1 is 1.00 bits per heavy atom. The number of nitrogens with two attached hydrogens (primary N) is 1. The van der Waals surface area contributed by atoms with E-state index in [-0.39, 0.29) is 5.56 Å². The molecule has 2 N–H and O–H groups in total. The van der Waals surface area contributed by atoms with E-state index in [9.17, 15) is 4.79 Å². The molecular weight excluding hydrogens is 388 g/mol. The van der Waals surface area contributed by atoms with Crippen molar-refractivity contribution in [3.8, 4) is 5.69 Å². The third kappa shape index (κ3) is 4.10. The quantitative estimate of drug-likeness (QED) is 0.317. The van der Waals surface area contributed by atoms with Gasteiger partial charge in [-0.3, -0.25) is 4.57 Å². The first-order valence-corrected chi connectivity index (χ1v) is 10.8. The Bertz CT molecular complexity index is 1240. The molecule has 0 radical (unpaired) electrons. The van der Waals surface area contributed by atoms with Crippen LogP contribution in [0.2, 0.25) is 0 Å². The number of ether oxygens (including phenoxy) is 1. The number of nitrogens with zero attached hydrogens (tertiary/aromatic N) is 3. The van der Waals surface area contributed by atoms with Crippen LogP contribution in [-0.4, -0.2) is 27.1 Å². The highest BCUT2D eigenvalue weighted by Gasteiger charge is 2.26. The van der Waals surface area contributed by atoms with Crippen LogP contribution in [0.5, 0.6) is 0 Å². The zero-order valence-electron chi connectivity index (χ0n) is 18.3. The van der Waals surface area contributed by atoms with E-state index >= 15 is 0 Å². The van der Waals surface area contributed by atoms with Gasteiger partial charge in [0, 0.05) is 5.69 Å². The number of carbonyl (C=O) groups excluding carboxylic acids is 1. The highest BCUT2D eigenvalue weighted by molar-refractivity contribution is 6.09. The zero-order chi connectivity index (χ0) is 22.0. The van der Waals surface area contributed by atoms with E-state index in [0.29, 0.717) is 29.1 Å². The fourth-order valence-electron chi connectivity index (χ4n) is 3.97. The topological polar surface area (TPSA) is 83.0 Å². The van der Waals surface area contributed by atoms with Gasteiger partial charge in [-0.05, 0) is 55.7 Å². The molecule has 2 aromatic heterocycles. The number of aryl methyl sites for hydroxylation is 2. The molecule has 0 unspecified atom stereocenters. The van der Waals surface area contributed by atoms with Crippen molar-refractivity contribution in [2.45, 2.75) is 46.5 Å². The van der Waals surface area contributed by atoms with Crippen molar-refractivity contribution in [2.75, 3.05) is 12.3 Å². The highest BCUT2D eigenvalue weighted by Crippen LogP contribution is 2.32. The van der Waals surface area contributed by atoms with Crippen molar-refractivity contribution in [1.29, 1.82) is 0 Å². The third-order valence-corrected chi connectivity index (χ3v) is 5.40. The van der Waals surface area contributed by atoms with Gasteiger partial charge in [0.1, 0.15) is 16.9 Å². The molecule has 2 aromatic carbocycles. The first kappa shape index (κ1) is 20.8. The van der Waals surface area contributed by atoms with E-state index < -0.39 is 5.97 Å². The number of benzene rings is 2. The lowest BCUT2D eigenvalue weighted by atomic mass is 10.1. The smallest absolute Gasteiger partial charge is 0.344 e. The molecule has 0 atom stereocenters. The number of fused-ring (bicyclic) bond motifs is 2. The number of hydrogen-bond acceptors (Lipinski definition) is 5. The van der Waals surface area contributed by atoms with Gasteiger partial charge in [-0.1, -0.05) is 44.4 Å². The Balaban J connectivity index is 1.86. The van der Waals surface area contributed by atoms with Crippen LogP contribution in [0.25, 0.3) is 27.9 Å². The predicted octanol–water partition coefficient (Wildman–Crippen LogP) is 5.51. The monoisotopic (exact) mass is 416 g/mol. The summed E-state index contributed by atoms with van der Waals surface area (Å²) in [7, 11) is 0. The summed E-state index contributed by atoms with van der Waals surface area (Å²) in [6, 6.07) is 13.8. The number of anilines is 1. The number of rotatable bonds is 7. The molecule has 0 saturated carbocycles. The summed E-state index contributed by atoms with van der Waals surface area (Å²) in [6.07, 6.45) is 4.13. The minimum absolute atomic E-state index is 0.280. The van der Waals surface area contributed by atoms with E-state index in [1.54, 1.807) is 0 Å². The van der Waals surface area contributed by atoms with Gasteiger partial charge in [-0.2, -0.15) is 0 Å². The third-order valence-electron chi connectivity index (χ3n) is 5.40. The van der Waals surface area contributed by atoms with Crippen LogP contribution < -0.4 is 5.73 Å². The predicted molar refractivity (Wildman–Crippen MR) is 125 cm³/mol. The number of para-hydroxylation sites is 2. The molecule has 0 bridgehead atoms. The number of aromatic nitrogens is 3. The summed E-state index contributed by atoms with van der Waals surface area (Å²) < 4.78 is 7.38. The second-order valence-electron chi connectivity index (χ2n) is 8.02. The van der Waals surface area contributed by atoms with Gasteiger partial charge in [0.2, 0.25) is 0 Å². The van der Waals surface area contributed by atoms with Gasteiger partial charge in [0.15, 0.2) is 5.65 Å². The fourth-order valence-corrected chi connectivity index (χ4v) is 3.97. The van der Waals surface area contributed by atoms with Crippen LogP contribution in [0.3, 0.4) is 0 Å². The lowest BCUT2D eigenvalue weighted by molar-refractivity contribution is 0.0501. The van der Waals surface area contributed by atoms with Crippen molar-refractivity contribution in [1.82, 2.24) is 14.5 Å². The van der Waals surface area contributed by atoms with Gasteiger partial charge < -0.3 is 10.5 Å². The molecule has 0 fully saturated rings. The number of carbonyl (C=O) groups is 1. The molecule has 0 spiro atoms. The average molecular weight is 417 g/mol. The molecule has 6 heteroatoms. The fraction of sp³-hybridized carbons (Fsp3) is 0.320. The summed E-state index contributed by atoms with van der Waals surface area (Å²) in [5.74, 6) is -0.152. The Labute approximate surface area is 182 Å². The van der Waals surface area contributed by atoms with Gasteiger partial charge in [0.25, 0.3) is 0 Å². The minimum Gasteiger partial charge on any atom is -0.462 e. The summed E-state index contributed by atoms with van der Waals surface area (Å²) in [4.78, 5) is 22.6. The number of unbranched alkanes of at least 4 members (excludes halogenated alkanes) is 3. The van der Waals surface area contributed by atoms with Crippen molar-refractivity contribution in [3.05, 3.63) is 59.2 Å². The SMILES string of the molecule is CCCCCCOC(=O)c1c(N)n(-c2cc(C)cc(C)c2)c2nc3ccccc3nc12. The summed E-state index contributed by atoms with van der Waals surface area (Å²) in [5, 5.41) is 0. The van der Waals surface area contributed by atoms with E-state index in [1.807, 2.05) is 54.8 Å². The lowest BCUT2D eigenvalue weighted by Crippen LogP contribution is -2.10. The number of esters is 1. The van der Waals surface area contributed by atoms with Crippen LogP contribution in [0.1, 0.15) is 54.1 Å². The Hall–Kier alpha value is -3.41. The van der Waals surface area contributed by atoms with Crippen LogP contribution >= 0.6 is 0 Å². The normalized spacial score (nSPS) is 11.3. The largest absolute Gasteiger partial charge is 0.462 e. The molecule has 4 aromatic rings. The van der Waals surface area contributed by atoms with Crippen molar-refractivity contribution < 1.29 is 9.53 Å². The first-order valence-electron chi connectivity index (χ1n) is 10.8. The zero-order valence-corrected chi connectivity index (χ0v) is 18.3. The van der Waals surface area contributed by atoms with Crippen LogP contribution in [0, 0.1) is 13.8 Å². The summed E-state index contributed by atoms with van der Waals surface area (Å²) in [6.45, 7) is 6.59. The molecule has 2 heterocycles. The molecule has 0 aliphatic carbocycles. The van der Waals surface area contributed by atoms with Gasteiger partial charge in [-0.25, -0.2) is 14.8 Å². The second-order valence-corrected chi connectivity index (χ2v) is 8.02. The number of nitrogen functional groups attached to an aromatic ring is 1. The Morgan fingerprint density at radius 3 is 2.35 bits per heavy atom. The number of hydrogen-bond donors (Lipinski definition) is 1. The van der Waals surface area contributed by atoms with Crippen molar-refractivity contribution >= 4 is 34.0 Å². The van der Waals surface area contributed by atoms with Gasteiger partial charge >= 0.3 is 5.97 Å². The van der Waals surface area contributed by atoms with Crippen molar-refractivity contribution in [3.63, 3.8) is 0 Å². The Morgan fingerprint density at radius 2 is 1.68 bits per heavy atom. The minimum atomic E-state index is -0.452. The maximum atomic E-state index is 13.0. The summed E-state index contributed by atoms with van der Waals surface area (Å²) in [5.41, 5.74) is 12.4. The lowest BCUT2D eigenvalue weighted by Gasteiger charge is -2.10. The van der Waals surface area contributed by atoms with Crippen LogP contribution in [-0.2, 0) is 4.74 Å². The molecule has 0 aliphatic rings. The standard InChI is InChI=1S/C25H28N4O2/c1-4-5-6-9-12-31-25(30)21-22-24(28-20-11-8-7-10-19(20)27-22)29(23(21)26)18-14-16(2)13-17(3)15-18/h7-8,10-11,13-15H,4-6,9,12,26H2,1-3H3. The average Bonchev–Trinajstić information content (AvgIpc) is 3.01. The molecular formula is C25H28N4O2. The van der Waals surface area contributed by atoms with Crippen molar-refractivity contribution in [2.24, 2.45) is 0 Å². The molecule has 0 saturated heterocycles. The van der Waals surface area contributed by atoms with E-state index in [1.165, 1.54) is 0 Å². The molecule has 0 aliphatic heterocycles. The van der Waals surface area contributed by atoms with E-state index in [4.69, 9.17) is 20.4 Å².